The van der Waals surface area contributed by atoms with Gasteiger partial charge in [0.2, 0.25) is 5.91 Å². The fraction of sp³-hybridized carbons (Fsp3) is 0.667. The first-order valence-electron chi connectivity index (χ1n) is 9.87. The molecule has 2 fully saturated rings. The first-order valence-corrected chi connectivity index (χ1v) is 9.87. The Morgan fingerprint density at radius 1 is 1.16 bits per heavy atom. The van der Waals surface area contributed by atoms with Gasteiger partial charge in [-0.1, -0.05) is 38.1 Å². The number of benzene rings is 1. The summed E-state index contributed by atoms with van der Waals surface area (Å²) in [6.45, 7) is 7.49. The minimum atomic E-state index is 0.149. The van der Waals surface area contributed by atoms with E-state index in [1.807, 2.05) is 0 Å². The third-order valence-corrected chi connectivity index (χ3v) is 5.54. The summed E-state index contributed by atoms with van der Waals surface area (Å²) in [5.74, 6) is 0.688. The highest BCUT2D eigenvalue weighted by molar-refractivity contribution is 5.78. The van der Waals surface area contributed by atoms with Crippen LogP contribution in [0, 0.1) is 0 Å². The molecule has 0 spiro atoms. The highest BCUT2D eigenvalue weighted by atomic mass is 16.5. The van der Waals surface area contributed by atoms with Crippen LogP contribution in [0.3, 0.4) is 0 Å². The molecule has 2 saturated heterocycles. The number of hydrogen-bond acceptors (Lipinski definition) is 3. The Labute approximate surface area is 151 Å². The molecule has 1 N–H and O–H groups in total. The molecule has 2 heterocycles. The normalized spacial score (nSPS) is 22.4. The number of carbonyl (C=O) groups is 1. The van der Waals surface area contributed by atoms with Crippen LogP contribution in [0.1, 0.15) is 69.0 Å². The second-order valence-corrected chi connectivity index (χ2v) is 7.68. The van der Waals surface area contributed by atoms with Crippen LogP contribution in [0.4, 0.5) is 0 Å². The maximum atomic E-state index is 12.8. The summed E-state index contributed by atoms with van der Waals surface area (Å²) >= 11 is 0. The highest BCUT2D eigenvalue weighted by Crippen LogP contribution is 2.32. The van der Waals surface area contributed by atoms with Crippen LogP contribution >= 0.6 is 0 Å². The van der Waals surface area contributed by atoms with Crippen LogP contribution in [-0.4, -0.2) is 43.2 Å². The second kappa shape index (κ2) is 8.81. The van der Waals surface area contributed by atoms with E-state index in [0.29, 0.717) is 5.92 Å². The third kappa shape index (κ3) is 4.83. The quantitative estimate of drug-likeness (QED) is 0.887. The van der Waals surface area contributed by atoms with Gasteiger partial charge in [0, 0.05) is 6.54 Å². The SMILES string of the molecule is CC(C)c1ccc(C2CCCCN2C(=O)COC2CCNCC2)cc1. The first kappa shape index (κ1) is 18.4. The van der Waals surface area contributed by atoms with Crippen molar-refractivity contribution in [1.29, 1.82) is 0 Å². The number of nitrogens with one attached hydrogen (secondary N) is 1. The van der Waals surface area contributed by atoms with Crippen LogP contribution in [0.5, 0.6) is 0 Å². The standard InChI is InChI=1S/C21H32N2O2/c1-16(2)17-6-8-18(9-7-17)20-5-3-4-14-23(20)21(24)15-25-19-10-12-22-13-11-19/h6-9,16,19-20,22H,3-5,10-15H2,1-2H3. The number of piperidine rings is 2. The molecule has 2 aliphatic heterocycles. The average molecular weight is 344 g/mol. The van der Waals surface area contributed by atoms with Crippen LogP contribution < -0.4 is 5.32 Å². The molecule has 0 saturated carbocycles. The van der Waals surface area contributed by atoms with Gasteiger partial charge in [0.15, 0.2) is 0 Å². The molecule has 0 aliphatic carbocycles. The van der Waals surface area contributed by atoms with Crippen LogP contribution in [0.25, 0.3) is 0 Å². The molecule has 0 radical (unpaired) electrons. The van der Waals surface area contributed by atoms with Gasteiger partial charge in [-0.05, 0) is 62.2 Å². The number of nitrogens with zero attached hydrogens (tertiary/aromatic N) is 1. The van der Waals surface area contributed by atoms with Crippen LogP contribution in [0.15, 0.2) is 24.3 Å². The van der Waals surface area contributed by atoms with E-state index in [0.717, 1.165) is 45.3 Å². The van der Waals surface area contributed by atoms with Gasteiger partial charge in [0.1, 0.15) is 6.61 Å². The molecule has 138 valence electrons. The summed E-state index contributed by atoms with van der Waals surface area (Å²) < 4.78 is 5.90. The molecule has 0 aromatic heterocycles. The monoisotopic (exact) mass is 344 g/mol. The van der Waals surface area contributed by atoms with E-state index in [4.69, 9.17) is 4.74 Å². The van der Waals surface area contributed by atoms with E-state index in [1.165, 1.54) is 17.5 Å². The Kier molecular flexibility index (Phi) is 6.49. The van der Waals surface area contributed by atoms with E-state index in [9.17, 15) is 4.79 Å². The van der Waals surface area contributed by atoms with Crippen molar-refractivity contribution >= 4 is 5.91 Å². The van der Waals surface area contributed by atoms with E-state index in [2.05, 4.69) is 48.3 Å². The van der Waals surface area contributed by atoms with E-state index in [-0.39, 0.29) is 24.7 Å². The topological polar surface area (TPSA) is 41.6 Å². The number of likely N-dealkylation sites (tertiary alicyclic amines) is 1. The van der Waals surface area contributed by atoms with Crippen molar-refractivity contribution in [2.75, 3.05) is 26.2 Å². The summed E-state index contributed by atoms with van der Waals surface area (Å²) in [6, 6.07) is 9.04. The first-order chi connectivity index (χ1) is 12.1. The zero-order chi connectivity index (χ0) is 17.6. The Morgan fingerprint density at radius 2 is 1.88 bits per heavy atom. The van der Waals surface area contributed by atoms with Gasteiger partial charge in [-0.25, -0.2) is 0 Å². The molecular formula is C21H32N2O2. The van der Waals surface area contributed by atoms with Gasteiger partial charge in [0.05, 0.1) is 12.1 Å². The molecule has 1 amide bonds. The van der Waals surface area contributed by atoms with Crippen LogP contribution in [0.2, 0.25) is 0 Å². The molecule has 1 aromatic rings. The molecule has 2 aliphatic rings. The number of amides is 1. The fourth-order valence-corrected chi connectivity index (χ4v) is 3.91. The highest BCUT2D eigenvalue weighted by Gasteiger charge is 2.28. The lowest BCUT2D eigenvalue weighted by Crippen LogP contribution is -2.42. The zero-order valence-corrected chi connectivity index (χ0v) is 15.7. The Bertz CT molecular complexity index is 550. The molecule has 25 heavy (non-hydrogen) atoms. The molecule has 1 atom stereocenters. The van der Waals surface area contributed by atoms with Gasteiger partial charge in [0.25, 0.3) is 0 Å². The summed E-state index contributed by atoms with van der Waals surface area (Å²) in [7, 11) is 0. The number of ether oxygens (including phenoxy) is 1. The maximum Gasteiger partial charge on any atom is 0.249 e. The van der Waals surface area contributed by atoms with Crippen molar-refractivity contribution < 1.29 is 9.53 Å². The molecule has 1 aromatic carbocycles. The Balaban J connectivity index is 1.62. The van der Waals surface area contributed by atoms with Gasteiger partial charge in [-0.3, -0.25) is 4.79 Å². The van der Waals surface area contributed by atoms with Crippen molar-refractivity contribution in [3.05, 3.63) is 35.4 Å². The minimum Gasteiger partial charge on any atom is -0.368 e. The fourth-order valence-electron chi connectivity index (χ4n) is 3.91. The van der Waals surface area contributed by atoms with Crippen molar-refractivity contribution in [2.24, 2.45) is 0 Å². The second-order valence-electron chi connectivity index (χ2n) is 7.68. The lowest BCUT2D eigenvalue weighted by molar-refractivity contribution is -0.142. The Morgan fingerprint density at radius 3 is 2.56 bits per heavy atom. The van der Waals surface area contributed by atoms with Crippen molar-refractivity contribution in [3.63, 3.8) is 0 Å². The molecule has 3 rings (SSSR count). The number of carbonyl (C=O) groups excluding carboxylic acids is 1. The molecule has 1 unspecified atom stereocenters. The van der Waals surface area contributed by atoms with E-state index < -0.39 is 0 Å². The number of rotatable bonds is 5. The molecule has 0 bridgehead atoms. The average Bonchev–Trinajstić information content (AvgIpc) is 2.67. The Hall–Kier alpha value is -1.39. The smallest absolute Gasteiger partial charge is 0.249 e. The van der Waals surface area contributed by atoms with Gasteiger partial charge < -0.3 is 15.0 Å². The molecule has 4 nitrogen and oxygen atoms in total. The lowest BCUT2D eigenvalue weighted by Gasteiger charge is -2.36. The van der Waals surface area contributed by atoms with E-state index in [1.54, 1.807) is 0 Å². The maximum absolute atomic E-state index is 12.8. The molecular weight excluding hydrogens is 312 g/mol. The van der Waals surface area contributed by atoms with Gasteiger partial charge >= 0.3 is 0 Å². The van der Waals surface area contributed by atoms with Crippen molar-refractivity contribution in [1.82, 2.24) is 10.2 Å². The zero-order valence-electron chi connectivity index (χ0n) is 15.7. The predicted octanol–water partition coefficient (Wildman–Crippen LogP) is 3.63. The summed E-state index contributed by atoms with van der Waals surface area (Å²) in [6.07, 6.45) is 5.59. The van der Waals surface area contributed by atoms with Gasteiger partial charge in [-0.15, -0.1) is 0 Å². The predicted molar refractivity (Wildman–Crippen MR) is 101 cm³/mol. The summed E-state index contributed by atoms with van der Waals surface area (Å²) in [5.41, 5.74) is 2.62. The van der Waals surface area contributed by atoms with Crippen LogP contribution in [-0.2, 0) is 9.53 Å². The summed E-state index contributed by atoms with van der Waals surface area (Å²) in [4.78, 5) is 14.8. The lowest BCUT2D eigenvalue weighted by atomic mass is 9.93. The minimum absolute atomic E-state index is 0.149. The third-order valence-electron chi connectivity index (χ3n) is 5.54. The molecule has 4 heteroatoms. The van der Waals surface area contributed by atoms with Crippen molar-refractivity contribution in [2.45, 2.75) is 64.0 Å². The van der Waals surface area contributed by atoms with Crippen molar-refractivity contribution in [3.8, 4) is 0 Å². The largest absolute Gasteiger partial charge is 0.368 e. The number of hydrogen-bond donors (Lipinski definition) is 1. The van der Waals surface area contributed by atoms with Gasteiger partial charge in [-0.2, -0.15) is 0 Å². The summed E-state index contributed by atoms with van der Waals surface area (Å²) in [5, 5.41) is 3.33. The van der Waals surface area contributed by atoms with E-state index >= 15 is 0 Å².